The van der Waals surface area contributed by atoms with Crippen molar-refractivity contribution in [2.24, 2.45) is 5.92 Å². The van der Waals surface area contributed by atoms with E-state index >= 15 is 0 Å². The highest BCUT2D eigenvalue weighted by Gasteiger charge is 2.21. The van der Waals surface area contributed by atoms with E-state index in [0.717, 1.165) is 11.7 Å². The van der Waals surface area contributed by atoms with Crippen LogP contribution in [0.15, 0.2) is 17.2 Å². The summed E-state index contributed by atoms with van der Waals surface area (Å²) in [6, 6.07) is 2.28. The summed E-state index contributed by atoms with van der Waals surface area (Å²) in [4.78, 5) is 15.5. The lowest BCUT2D eigenvalue weighted by Gasteiger charge is -2.12. The van der Waals surface area contributed by atoms with Crippen molar-refractivity contribution in [1.29, 1.82) is 0 Å². The van der Waals surface area contributed by atoms with Crippen molar-refractivity contribution in [3.05, 3.63) is 22.9 Å². The summed E-state index contributed by atoms with van der Waals surface area (Å²) in [7, 11) is 0. The van der Waals surface area contributed by atoms with E-state index in [1.54, 1.807) is 6.07 Å². The first-order chi connectivity index (χ1) is 8.22. The van der Waals surface area contributed by atoms with Gasteiger partial charge in [-0.05, 0) is 25.2 Å². The largest absolute Gasteiger partial charge is 0.367 e. The van der Waals surface area contributed by atoms with Crippen LogP contribution in [0.3, 0.4) is 0 Å². The van der Waals surface area contributed by atoms with Gasteiger partial charge in [-0.2, -0.15) is 5.10 Å². The smallest absolute Gasteiger partial charge is 0.348 e. The summed E-state index contributed by atoms with van der Waals surface area (Å²) >= 11 is 0. The highest BCUT2D eigenvalue weighted by Crippen LogP contribution is 2.26. The number of rotatable bonds is 2. The Bertz CT molecular complexity index is 587. The van der Waals surface area contributed by atoms with Crippen molar-refractivity contribution in [1.82, 2.24) is 19.6 Å². The van der Waals surface area contributed by atoms with E-state index in [4.69, 9.17) is 0 Å². The molecule has 2 atom stereocenters. The zero-order chi connectivity index (χ0) is 11.8. The standard InChI is InChI=1S/C11H15N5O/c1-7-2-3-8(4-7)13-9-5-10-14-15-11(17)16(10)6-12-9/h5-8,13H,2-4H2,1H3,(H,15,17). The van der Waals surface area contributed by atoms with Gasteiger partial charge in [0.15, 0.2) is 5.65 Å². The molecule has 1 aliphatic rings. The van der Waals surface area contributed by atoms with Gasteiger partial charge in [0.25, 0.3) is 0 Å². The second kappa shape index (κ2) is 3.87. The number of hydrogen-bond donors (Lipinski definition) is 2. The Morgan fingerprint density at radius 1 is 1.53 bits per heavy atom. The number of aromatic nitrogens is 4. The monoisotopic (exact) mass is 233 g/mol. The van der Waals surface area contributed by atoms with Crippen molar-refractivity contribution in [3.8, 4) is 0 Å². The van der Waals surface area contributed by atoms with Crippen molar-refractivity contribution in [2.45, 2.75) is 32.2 Å². The van der Waals surface area contributed by atoms with E-state index < -0.39 is 0 Å². The van der Waals surface area contributed by atoms with Gasteiger partial charge in [-0.25, -0.2) is 19.3 Å². The first-order valence-electron chi connectivity index (χ1n) is 5.91. The van der Waals surface area contributed by atoms with Crippen LogP contribution in [-0.4, -0.2) is 25.6 Å². The Labute approximate surface area is 98.1 Å². The molecule has 2 heterocycles. The van der Waals surface area contributed by atoms with Crippen molar-refractivity contribution in [3.63, 3.8) is 0 Å². The summed E-state index contributed by atoms with van der Waals surface area (Å²) < 4.78 is 1.39. The van der Waals surface area contributed by atoms with Crippen LogP contribution in [0, 0.1) is 5.92 Å². The molecule has 0 amide bonds. The molecule has 2 N–H and O–H groups in total. The third kappa shape index (κ3) is 1.90. The molecule has 2 aromatic rings. The molecule has 0 spiro atoms. The molecule has 3 rings (SSSR count). The van der Waals surface area contributed by atoms with Crippen LogP contribution in [0.2, 0.25) is 0 Å². The second-order valence-corrected chi connectivity index (χ2v) is 4.79. The fourth-order valence-electron chi connectivity index (χ4n) is 2.44. The highest BCUT2D eigenvalue weighted by molar-refractivity contribution is 5.48. The Balaban J connectivity index is 1.83. The molecule has 6 heteroatoms. The average molecular weight is 233 g/mol. The van der Waals surface area contributed by atoms with Crippen LogP contribution < -0.4 is 11.0 Å². The predicted octanol–water partition coefficient (Wildman–Crippen LogP) is 1.02. The molecule has 17 heavy (non-hydrogen) atoms. The van der Waals surface area contributed by atoms with Crippen LogP contribution in [0.5, 0.6) is 0 Å². The van der Waals surface area contributed by atoms with Gasteiger partial charge in [0.05, 0.1) is 0 Å². The van der Waals surface area contributed by atoms with Crippen LogP contribution in [0.1, 0.15) is 26.2 Å². The van der Waals surface area contributed by atoms with Gasteiger partial charge in [0, 0.05) is 12.1 Å². The van der Waals surface area contributed by atoms with Crippen LogP contribution in [-0.2, 0) is 0 Å². The number of hydrogen-bond acceptors (Lipinski definition) is 4. The van der Waals surface area contributed by atoms with Crippen LogP contribution in [0.25, 0.3) is 5.65 Å². The minimum atomic E-state index is -0.256. The fourth-order valence-corrected chi connectivity index (χ4v) is 2.44. The maximum atomic E-state index is 11.3. The molecule has 2 aromatic heterocycles. The number of nitrogens with zero attached hydrogens (tertiary/aromatic N) is 3. The maximum absolute atomic E-state index is 11.3. The minimum absolute atomic E-state index is 0.256. The lowest BCUT2D eigenvalue weighted by molar-refractivity contribution is 0.602. The number of H-pyrrole nitrogens is 1. The Hall–Kier alpha value is -1.85. The first-order valence-corrected chi connectivity index (χ1v) is 5.91. The summed E-state index contributed by atoms with van der Waals surface area (Å²) in [6.45, 7) is 2.27. The molecule has 0 bridgehead atoms. The number of fused-ring (bicyclic) bond motifs is 1. The molecule has 2 unspecified atom stereocenters. The van der Waals surface area contributed by atoms with E-state index in [0.29, 0.717) is 11.7 Å². The van der Waals surface area contributed by atoms with Crippen molar-refractivity contribution >= 4 is 11.5 Å². The summed E-state index contributed by atoms with van der Waals surface area (Å²) in [6.07, 6.45) is 5.13. The quantitative estimate of drug-likeness (QED) is 0.812. The average Bonchev–Trinajstić information content (AvgIpc) is 2.87. The molecule has 0 saturated heterocycles. The normalized spacial score (nSPS) is 24.3. The Morgan fingerprint density at radius 3 is 3.18 bits per heavy atom. The first kappa shape index (κ1) is 10.3. The van der Waals surface area contributed by atoms with Crippen LogP contribution in [0.4, 0.5) is 5.82 Å². The van der Waals surface area contributed by atoms with Gasteiger partial charge < -0.3 is 5.32 Å². The zero-order valence-electron chi connectivity index (χ0n) is 9.68. The van der Waals surface area contributed by atoms with E-state index in [1.807, 2.05) is 0 Å². The van der Waals surface area contributed by atoms with E-state index in [-0.39, 0.29) is 5.69 Å². The fraction of sp³-hybridized carbons (Fsp3) is 0.545. The number of nitrogens with one attached hydrogen (secondary N) is 2. The summed E-state index contributed by atoms with van der Waals surface area (Å²) in [5.74, 6) is 1.57. The van der Waals surface area contributed by atoms with Gasteiger partial charge in [-0.1, -0.05) is 6.92 Å². The molecule has 0 radical (unpaired) electrons. The maximum Gasteiger partial charge on any atom is 0.348 e. The molecular formula is C11H15N5O. The van der Waals surface area contributed by atoms with Gasteiger partial charge in [-0.15, -0.1) is 0 Å². The van der Waals surface area contributed by atoms with Gasteiger partial charge >= 0.3 is 5.69 Å². The topological polar surface area (TPSA) is 75.1 Å². The van der Waals surface area contributed by atoms with E-state index in [1.165, 1.54) is 30.0 Å². The molecule has 1 saturated carbocycles. The summed E-state index contributed by atoms with van der Waals surface area (Å²) in [5, 5.41) is 9.70. The third-order valence-corrected chi connectivity index (χ3v) is 3.36. The number of aromatic amines is 1. The molecule has 6 nitrogen and oxygen atoms in total. The van der Waals surface area contributed by atoms with E-state index in [2.05, 4.69) is 27.4 Å². The van der Waals surface area contributed by atoms with Gasteiger partial charge in [0.1, 0.15) is 12.1 Å². The highest BCUT2D eigenvalue weighted by atomic mass is 16.1. The Morgan fingerprint density at radius 2 is 2.41 bits per heavy atom. The SMILES string of the molecule is CC1CCC(Nc2cc3n[nH]c(=O)n3cn2)C1. The molecule has 90 valence electrons. The predicted molar refractivity (Wildman–Crippen MR) is 64.0 cm³/mol. The lowest BCUT2D eigenvalue weighted by Crippen LogP contribution is -2.17. The number of anilines is 1. The lowest BCUT2D eigenvalue weighted by atomic mass is 10.1. The zero-order valence-corrected chi connectivity index (χ0v) is 9.68. The van der Waals surface area contributed by atoms with Gasteiger partial charge in [-0.3, -0.25) is 0 Å². The molecule has 1 aliphatic carbocycles. The molecule has 0 aromatic carbocycles. The Kier molecular flexibility index (Phi) is 2.35. The van der Waals surface area contributed by atoms with Gasteiger partial charge in [0.2, 0.25) is 0 Å². The minimum Gasteiger partial charge on any atom is -0.367 e. The molecule has 1 fully saturated rings. The second-order valence-electron chi connectivity index (χ2n) is 4.79. The summed E-state index contributed by atoms with van der Waals surface area (Å²) in [5.41, 5.74) is 0.340. The third-order valence-electron chi connectivity index (χ3n) is 3.36. The molecular weight excluding hydrogens is 218 g/mol. The molecule has 0 aliphatic heterocycles. The van der Waals surface area contributed by atoms with Crippen LogP contribution >= 0.6 is 0 Å². The van der Waals surface area contributed by atoms with Crippen molar-refractivity contribution < 1.29 is 0 Å². The van der Waals surface area contributed by atoms with Crippen molar-refractivity contribution in [2.75, 3.05) is 5.32 Å². The van der Waals surface area contributed by atoms with E-state index in [9.17, 15) is 4.79 Å².